The molecule has 0 aliphatic carbocycles. The van der Waals surface area contributed by atoms with Gasteiger partial charge in [0.15, 0.2) is 0 Å². The molecule has 176 valence electrons. The first kappa shape index (κ1) is 20.6. The van der Waals surface area contributed by atoms with Gasteiger partial charge in [-0.2, -0.15) is 0 Å². The van der Waals surface area contributed by atoms with E-state index < -0.39 is 0 Å². The molecule has 3 aliphatic rings. The van der Waals surface area contributed by atoms with Crippen molar-refractivity contribution in [1.29, 1.82) is 0 Å². The van der Waals surface area contributed by atoms with Crippen LogP contribution in [0.25, 0.3) is 22.1 Å². The Hall–Kier alpha value is -2.74. The SMILES string of the molecule is CN1C(c2ccc3nc([C@@H]4CCCN4)[nH]c3c2)CC[C@@H]1c1ccc2nc([C@@H]3CCCN3)[nH]c2c1. The van der Waals surface area contributed by atoms with Gasteiger partial charge in [-0.05, 0) is 94.1 Å². The lowest BCUT2D eigenvalue weighted by Gasteiger charge is -2.26. The van der Waals surface area contributed by atoms with E-state index in [4.69, 9.17) is 9.97 Å². The fourth-order valence-electron chi connectivity index (χ4n) is 6.42. The second-order valence-corrected chi connectivity index (χ2v) is 10.4. The van der Waals surface area contributed by atoms with Crippen LogP contribution in [0.2, 0.25) is 0 Å². The molecule has 0 saturated carbocycles. The van der Waals surface area contributed by atoms with Crippen LogP contribution in [-0.4, -0.2) is 45.0 Å². The van der Waals surface area contributed by atoms with Crippen molar-refractivity contribution in [2.24, 2.45) is 0 Å². The van der Waals surface area contributed by atoms with Crippen LogP contribution in [0, 0.1) is 0 Å². The Morgan fingerprint density at radius 3 is 1.65 bits per heavy atom. The molecule has 3 fully saturated rings. The molecule has 2 aromatic heterocycles. The Bertz CT molecular complexity index is 1220. The van der Waals surface area contributed by atoms with Gasteiger partial charge in [0.05, 0.1) is 34.2 Å². The van der Waals surface area contributed by atoms with Crippen molar-refractivity contribution in [1.82, 2.24) is 35.5 Å². The normalized spacial score (nSPS) is 28.0. The fourth-order valence-corrected chi connectivity index (χ4v) is 6.42. The molecular weight excluding hydrogens is 422 g/mol. The Morgan fingerprint density at radius 2 is 1.21 bits per heavy atom. The van der Waals surface area contributed by atoms with E-state index in [1.54, 1.807) is 0 Å². The molecule has 4 atom stereocenters. The summed E-state index contributed by atoms with van der Waals surface area (Å²) in [7, 11) is 2.28. The highest BCUT2D eigenvalue weighted by Crippen LogP contribution is 2.43. The first-order chi connectivity index (χ1) is 16.7. The molecule has 7 nitrogen and oxygen atoms in total. The maximum Gasteiger partial charge on any atom is 0.124 e. The van der Waals surface area contributed by atoms with E-state index >= 15 is 0 Å². The van der Waals surface area contributed by atoms with Crippen LogP contribution in [0.15, 0.2) is 36.4 Å². The number of hydrogen-bond acceptors (Lipinski definition) is 5. The topological polar surface area (TPSA) is 84.7 Å². The lowest BCUT2D eigenvalue weighted by atomic mass is 10.0. The molecule has 2 aromatic carbocycles. The summed E-state index contributed by atoms with van der Waals surface area (Å²) in [5.74, 6) is 2.17. The van der Waals surface area contributed by atoms with E-state index in [1.165, 1.54) is 36.8 Å². The number of H-pyrrole nitrogens is 2. The third-order valence-corrected chi connectivity index (χ3v) is 8.30. The summed E-state index contributed by atoms with van der Waals surface area (Å²) in [5.41, 5.74) is 7.22. The minimum absolute atomic E-state index is 0.372. The number of nitrogens with zero attached hydrogens (tertiary/aromatic N) is 3. The van der Waals surface area contributed by atoms with Crippen molar-refractivity contribution in [2.45, 2.75) is 62.7 Å². The van der Waals surface area contributed by atoms with Gasteiger partial charge in [-0.1, -0.05) is 12.1 Å². The van der Waals surface area contributed by atoms with E-state index in [9.17, 15) is 0 Å². The van der Waals surface area contributed by atoms with Crippen LogP contribution in [0.1, 0.15) is 85.5 Å². The van der Waals surface area contributed by atoms with E-state index in [0.717, 1.165) is 59.6 Å². The lowest BCUT2D eigenvalue weighted by molar-refractivity contribution is 0.246. The fraction of sp³-hybridized carbons (Fsp3) is 0.481. The zero-order chi connectivity index (χ0) is 22.6. The molecule has 4 N–H and O–H groups in total. The molecule has 0 amide bonds. The first-order valence-electron chi connectivity index (χ1n) is 12.9. The molecule has 3 saturated heterocycles. The van der Waals surface area contributed by atoms with Crippen molar-refractivity contribution >= 4 is 22.1 Å². The molecule has 0 bridgehead atoms. The number of likely N-dealkylation sites (tertiary alicyclic amines) is 1. The van der Waals surface area contributed by atoms with Gasteiger partial charge in [0.25, 0.3) is 0 Å². The molecule has 7 rings (SSSR count). The van der Waals surface area contributed by atoms with Crippen LogP contribution in [0.4, 0.5) is 0 Å². The monoisotopic (exact) mass is 455 g/mol. The largest absolute Gasteiger partial charge is 0.341 e. The molecule has 7 heteroatoms. The highest BCUT2D eigenvalue weighted by Gasteiger charge is 2.33. The Labute approximate surface area is 199 Å². The van der Waals surface area contributed by atoms with Gasteiger partial charge >= 0.3 is 0 Å². The number of nitrogens with one attached hydrogen (secondary N) is 4. The molecule has 1 unspecified atom stereocenters. The standard InChI is InChI=1S/C27H33N7/c1-34-24(16-6-8-18-22(14-16)32-26(30-18)20-4-2-12-28-20)10-11-25(34)17-7-9-19-23(15-17)33-27(31-19)21-5-3-13-29-21/h6-9,14-15,20-21,24-25,28-29H,2-5,10-13H2,1H3,(H,30,32)(H,31,33)/t20-,21-,24+,25?/m0/s1. The van der Waals surface area contributed by atoms with Gasteiger partial charge in [0.2, 0.25) is 0 Å². The third kappa shape index (κ3) is 3.45. The van der Waals surface area contributed by atoms with Crippen LogP contribution >= 0.6 is 0 Å². The maximum atomic E-state index is 4.86. The smallest absolute Gasteiger partial charge is 0.124 e. The number of benzene rings is 2. The van der Waals surface area contributed by atoms with E-state index in [-0.39, 0.29) is 0 Å². The highest BCUT2D eigenvalue weighted by atomic mass is 15.2. The Morgan fingerprint density at radius 1 is 0.706 bits per heavy atom. The first-order valence-corrected chi connectivity index (χ1v) is 12.9. The summed E-state index contributed by atoms with van der Waals surface area (Å²) in [6, 6.07) is 15.2. The zero-order valence-electron chi connectivity index (χ0n) is 19.8. The summed E-state index contributed by atoms with van der Waals surface area (Å²) in [4.78, 5) is 19.5. The van der Waals surface area contributed by atoms with Crippen LogP contribution in [-0.2, 0) is 0 Å². The lowest BCUT2D eigenvalue weighted by Crippen LogP contribution is -2.21. The summed E-state index contributed by atoms with van der Waals surface area (Å²) >= 11 is 0. The number of fused-ring (bicyclic) bond motifs is 2. The minimum atomic E-state index is 0.372. The highest BCUT2D eigenvalue weighted by molar-refractivity contribution is 5.77. The van der Waals surface area contributed by atoms with Gasteiger partial charge in [0.1, 0.15) is 11.6 Å². The number of imidazole rings is 2. The summed E-state index contributed by atoms with van der Waals surface area (Å²) in [5, 5.41) is 7.10. The quantitative estimate of drug-likeness (QED) is 0.355. The van der Waals surface area contributed by atoms with Gasteiger partial charge in [-0.25, -0.2) is 9.97 Å². The van der Waals surface area contributed by atoms with E-state index in [1.807, 2.05) is 0 Å². The minimum Gasteiger partial charge on any atom is -0.341 e. The predicted octanol–water partition coefficient (Wildman–Crippen LogP) is 4.80. The Kier molecular flexibility index (Phi) is 4.96. The van der Waals surface area contributed by atoms with Gasteiger partial charge in [-0.15, -0.1) is 0 Å². The zero-order valence-corrected chi connectivity index (χ0v) is 19.8. The van der Waals surface area contributed by atoms with Crippen molar-refractivity contribution in [3.8, 4) is 0 Å². The molecule has 0 radical (unpaired) electrons. The summed E-state index contributed by atoms with van der Waals surface area (Å²) in [6.07, 6.45) is 7.11. The van der Waals surface area contributed by atoms with Crippen molar-refractivity contribution in [3.63, 3.8) is 0 Å². The average Bonchev–Trinajstić information content (AvgIpc) is 3.66. The average molecular weight is 456 g/mol. The van der Waals surface area contributed by atoms with Crippen LogP contribution in [0.5, 0.6) is 0 Å². The van der Waals surface area contributed by atoms with Crippen LogP contribution in [0.3, 0.4) is 0 Å². The van der Waals surface area contributed by atoms with Gasteiger partial charge < -0.3 is 20.6 Å². The number of rotatable bonds is 4. The van der Waals surface area contributed by atoms with Crippen molar-refractivity contribution < 1.29 is 0 Å². The molecule has 5 heterocycles. The second-order valence-electron chi connectivity index (χ2n) is 10.4. The van der Waals surface area contributed by atoms with E-state index in [0.29, 0.717) is 24.2 Å². The molecule has 34 heavy (non-hydrogen) atoms. The number of hydrogen-bond donors (Lipinski definition) is 4. The number of aromatic nitrogens is 4. The molecular formula is C27H33N7. The Balaban J connectivity index is 1.13. The van der Waals surface area contributed by atoms with Gasteiger partial charge in [-0.3, -0.25) is 4.90 Å². The molecule has 3 aliphatic heterocycles. The second kappa shape index (κ2) is 8.18. The summed E-state index contributed by atoms with van der Waals surface area (Å²) in [6.45, 7) is 2.18. The van der Waals surface area contributed by atoms with Crippen molar-refractivity contribution in [3.05, 3.63) is 59.2 Å². The molecule has 4 aromatic rings. The van der Waals surface area contributed by atoms with Crippen LogP contribution < -0.4 is 10.6 Å². The maximum absolute atomic E-state index is 4.86. The molecule has 0 spiro atoms. The number of aromatic amines is 2. The van der Waals surface area contributed by atoms with Crippen molar-refractivity contribution in [2.75, 3.05) is 20.1 Å². The summed E-state index contributed by atoms with van der Waals surface area (Å²) < 4.78 is 0. The van der Waals surface area contributed by atoms with Gasteiger partial charge in [0, 0.05) is 12.1 Å². The third-order valence-electron chi connectivity index (χ3n) is 8.30. The predicted molar refractivity (Wildman–Crippen MR) is 135 cm³/mol. The van der Waals surface area contributed by atoms with E-state index in [2.05, 4.69) is 68.9 Å².